The van der Waals surface area contributed by atoms with Crippen molar-refractivity contribution in [2.45, 2.75) is 0 Å². The number of anilines is 1. The number of nitrogens with zero attached hydrogens (tertiary/aromatic N) is 2. The highest BCUT2D eigenvalue weighted by Gasteiger charge is 2.10. The summed E-state index contributed by atoms with van der Waals surface area (Å²) in [5.41, 5.74) is 0.286. The third-order valence-electron chi connectivity index (χ3n) is 2.31. The quantitative estimate of drug-likeness (QED) is 0.916. The Morgan fingerprint density at radius 2 is 2.16 bits per heavy atom. The van der Waals surface area contributed by atoms with Crippen molar-refractivity contribution in [3.05, 3.63) is 58.6 Å². The van der Waals surface area contributed by atoms with Gasteiger partial charge in [-0.15, -0.1) is 0 Å². The second-order valence-electron chi connectivity index (χ2n) is 3.62. The number of carbonyl (C=O) groups is 1. The van der Waals surface area contributed by atoms with Gasteiger partial charge in [0, 0.05) is 6.20 Å². The number of carbonyl (C=O) groups excluding carboxylic acids is 1. The molecular formula is C13H7ClFN3O. The highest BCUT2D eigenvalue weighted by atomic mass is 35.5. The van der Waals surface area contributed by atoms with Gasteiger partial charge < -0.3 is 5.32 Å². The third-order valence-corrected chi connectivity index (χ3v) is 2.53. The molecule has 0 aliphatic heterocycles. The number of hydrogen-bond donors (Lipinski definition) is 1. The number of benzene rings is 1. The second-order valence-corrected chi connectivity index (χ2v) is 4.06. The fourth-order valence-corrected chi connectivity index (χ4v) is 1.49. The summed E-state index contributed by atoms with van der Waals surface area (Å²) in [5, 5.41) is 11.4. The topological polar surface area (TPSA) is 65.8 Å². The molecule has 4 nitrogen and oxygen atoms in total. The summed E-state index contributed by atoms with van der Waals surface area (Å²) in [5.74, 6) is -1.23. The number of pyridine rings is 1. The highest BCUT2D eigenvalue weighted by molar-refractivity contribution is 6.30. The Bertz CT molecular complexity index is 665. The van der Waals surface area contributed by atoms with Gasteiger partial charge in [-0.25, -0.2) is 9.37 Å². The normalized spacial score (nSPS) is 9.74. The molecular weight excluding hydrogens is 269 g/mol. The van der Waals surface area contributed by atoms with E-state index >= 15 is 0 Å². The zero-order valence-electron chi connectivity index (χ0n) is 9.52. The molecule has 1 amide bonds. The summed E-state index contributed by atoms with van der Waals surface area (Å²) in [6.45, 7) is 0. The van der Waals surface area contributed by atoms with E-state index in [2.05, 4.69) is 10.3 Å². The Hall–Kier alpha value is -2.45. The first-order chi connectivity index (χ1) is 9.10. The van der Waals surface area contributed by atoms with Crippen molar-refractivity contribution in [3.8, 4) is 6.07 Å². The van der Waals surface area contributed by atoms with Crippen LogP contribution in [0.4, 0.5) is 10.1 Å². The SMILES string of the molecule is N#Cc1ccc(NC(=O)c2ccc(Cl)cn2)c(F)c1. The Morgan fingerprint density at radius 3 is 2.74 bits per heavy atom. The van der Waals surface area contributed by atoms with E-state index in [-0.39, 0.29) is 16.9 Å². The first kappa shape index (κ1) is 13.0. The van der Waals surface area contributed by atoms with Crippen LogP contribution >= 0.6 is 11.6 Å². The molecule has 19 heavy (non-hydrogen) atoms. The standard InChI is InChI=1S/C13H7ClFN3O/c14-9-2-4-12(17-7-9)13(19)18-11-3-1-8(6-16)5-10(11)15/h1-5,7H,(H,18,19). The third kappa shape index (κ3) is 3.06. The number of hydrogen-bond acceptors (Lipinski definition) is 3. The minimum atomic E-state index is -0.679. The number of nitrogens with one attached hydrogen (secondary N) is 1. The molecule has 0 radical (unpaired) electrons. The molecule has 0 unspecified atom stereocenters. The van der Waals surface area contributed by atoms with Crippen LogP contribution in [0.5, 0.6) is 0 Å². The lowest BCUT2D eigenvalue weighted by molar-refractivity contribution is 0.102. The molecule has 0 aliphatic carbocycles. The van der Waals surface area contributed by atoms with Crippen molar-refractivity contribution in [1.82, 2.24) is 4.98 Å². The van der Waals surface area contributed by atoms with Crippen molar-refractivity contribution in [2.75, 3.05) is 5.32 Å². The molecule has 94 valence electrons. The molecule has 0 fully saturated rings. The number of amides is 1. The average Bonchev–Trinajstić information content (AvgIpc) is 2.41. The van der Waals surface area contributed by atoms with Crippen LogP contribution in [0.15, 0.2) is 36.5 Å². The van der Waals surface area contributed by atoms with Gasteiger partial charge in [-0.2, -0.15) is 5.26 Å². The number of rotatable bonds is 2. The summed E-state index contributed by atoms with van der Waals surface area (Å²) < 4.78 is 13.6. The van der Waals surface area contributed by atoms with Gasteiger partial charge in [0.25, 0.3) is 5.91 Å². The van der Waals surface area contributed by atoms with Gasteiger partial charge in [0.1, 0.15) is 11.5 Å². The summed E-state index contributed by atoms with van der Waals surface area (Å²) in [6, 6.07) is 8.53. The minimum Gasteiger partial charge on any atom is -0.318 e. The Kier molecular flexibility index (Phi) is 3.74. The lowest BCUT2D eigenvalue weighted by Crippen LogP contribution is -2.14. The molecule has 1 aromatic carbocycles. The monoisotopic (exact) mass is 275 g/mol. The van der Waals surface area contributed by atoms with E-state index in [9.17, 15) is 9.18 Å². The molecule has 6 heteroatoms. The van der Waals surface area contributed by atoms with E-state index in [1.165, 1.54) is 30.5 Å². The number of aromatic nitrogens is 1. The summed E-state index contributed by atoms with van der Waals surface area (Å²) >= 11 is 5.65. The molecule has 1 heterocycles. The van der Waals surface area contributed by atoms with Crippen molar-refractivity contribution in [1.29, 1.82) is 5.26 Å². The molecule has 1 N–H and O–H groups in total. The predicted molar refractivity (Wildman–Crippen MR) is 68.3 cm³/mol. The Balaban J connectivity index is 2.20. The van der Waals surface area contributed by atoms with Crippen molar-refractivity contribution < 1.29 is 9.18 Å². The maximum absolute atomic E-state index is 13.6. The molecule has 0 saturated carbocycles. The van der Waals surface area contributed by atoms with Crippen molar-refractivity contribution in [3.63, 3.8) is 0 Å². The predicted octanol–water partition coefficient (Wildman–Crippen LogP) is 3.00. The van der Waals surface area contributed by atoms with Crippen LogP contribution in [0.3, 0.4) is 0 Å². The van der Waals surface area contributed by atoms with E-state index in [0.29, 0.717) is 5.02 Å². The summed E-state index contributed by atoms with van der Waals surface area (Å²) in [6.07, 6.45) is 1.33. The smallest absolute Gasteiger partial charge is 0.274 e. The highest BCUT2D eigenvalue weighted by Crippen LogP contribution is 2.16. The zero-order chi connectivity index (χ0) is 13.8. The Labute approximate surface area is 113 Å². The number of halogens is 2. The molecule has 0 bridgehead atoms. The van der Waals surface area contributed by atoms with Crippen LogP contribution in [-0.2, 0) is 0 Å². The zero-order valence-corrected chi connectivity index (χ0v) is 10.3. The van der Waals surface area contributed by atoms with E-state index in [0.717, 1.165) is 6.07 Å². The maximum Gasteiger partial charge on any atom is 0.274 e. The van der Waals surface area contributed by atoms with E-state index < -0.39 is 11.7 Å². The first-order valence-electron chi connectivity index (χ1n) is 5.22. The summed E-state index contributed by atoms with van der Waals surface area (Å²) in [7, 11) is 0. The van der Waals surface area contributed by atoms with Crippen LogP contribution < -0.4 is 5.32 Å². The van der Waals surface area contributed by atoms with Gasteiger partial charge in [-0.05, 0) is 30.3 Å². The fourth-order valence-electron chi connectivity index (χ4n) is 1.38. The van der Waals surface area contributed by atoms with Gasteiger partial charge in [0.2, 0.25) is 0 Å². The average molecular weight is 276 g/mol. The molecule has 2 aromatic rings. The van der Waals surface area contributed by atoms with Gasteiger partial charge in [-0.1, -0.05) is 11.6 Å². The molecule has 0 aliphatic rings. The van der Waals surface area contributed by atoms with Gasteiger partial charge in [0.15, 0.2) is 0 Å². The van der Waals surface area contributed by atoms with E-state index in [4.69, 9.17) is 16.9 Å². The first-order valence-corrected chi connectivity index (χ1v) is 5.60. The fraction of sp³-hybridized carbons (Fsp3) is 0. The molecule has 0 spiro atoms. The molecule has 2 rings (SSSR count). The lowest BCUT2D eigenvalue weighted by atomic mass is 10.2. The van der Waals surface area contributed by atoms with Crippen LogP contribution in [0.2, 0.25) is 5.02 Å². The molecule has 1 aromatic heterocycles. The summed E-state index contributed by atoms with van der Waals surface area (Å²) in [4.78, 5) is 15.6. The minimum absolute atomic E-state index is 0.0132. The van der Waals surface area contributed by atoms with Crippen LogP contribution in [-0.4, -0.2) is 10.9 Å². The largest absolute Gasteiger partial charge is 0.318 e. The van der Waals surface area contributed by atoms with Gasteiger partial charge in [-0.3, -0.25) is 4.79 Å². The Morgan fingerprint density at radius 1 is 1.37 bits per heavy atom. The van der Waals surface area contributed by atoms with Gasteiger partial charge in [0.05, 0.1) is 22.3 Å². The van der Waals surface area contributed by atoms with Crippen molar-refractivity contribution >= 4 is 23.2 Å². The molecule has 0 atom stereocenters. The number of nitriles is 1. The molecule has 0 saturated heterocycles. The van der Waals surface area contributed by atoms with E-state index in [1.807, 2.05) is 0 Å². The second kappa shape index (κ2) is 5.46. The van der Waals surface area contributed by atoms with Crippen molar-refractivity contribution in [2.24, 2.45) is 0 Å². The van der Waals surface area contributed by atoms with Crippen LogP contribution in [0.25, 0.3) is 0 Å². The lowest BCUT2D eigenvalue weighted by Gasteiger charge is -2.06. The maximum atomic E-state index is 13.6. The van der Waals surface area contributed by atoms with Crippen LogP contribution in [0.1, 0.15) is 16.1 Å². The van der Waals surface area contributed by atoms with Crippen LogP contribution in [0, 0.1) is 17.1 Å². The van der Waals surface area contributed by atoms with Gasteiger partial charge >= 0.3 is 0 Å². The van der Waals surface area contributed by atoms with E-state index in [1.54, 1.807) is 6.07 Å².